The highest BCUT2D eigenvalue weighted by Gasteiger charge is 2.20. The number of rotatable bonds is 1. The van der Waals surface area contributed by atoms with Crippen LogP contribution in [0.4, 0.5) is 5.82 Å². The minimum Gasteiger partial charge on any atom is -0.354 e. The van der Waals surface area contributed by atoms with Gasteiger partial charge in [-0.3, -0.25) is 0 Å². The second kappa shape index (κ2) is 3.20. The van der Waals surface area contributed by atoms with E-state index < -0.39 is 0 Å². The van der Waals surface area contributed by atoms with Crippen molar-refractivity contribution in [1.29, 1.82) is 0 Å². The molecule has 0 spiro atoms. The van der Waals surface area contributed by atoms with E-state index >= 15 is 0 Å². The van der Waals surface area contributed by atoms with Crippen LogP contribution in [0, 0.1) is 0 Å². The molecule has 1 saturated heterocycles. The largest absolute Gasteiger partial charge is 0.354 e. The van der Waals surface area contributed by atoms with Crippen molar-refractivity contribution in [1.82, 2.24) is 15.0 Å². The molecule has 0 bridgehead atoms. The van der Waals surface area contributed by atoms with E-state index in [1.165, 1.54) is 0 Å². The Morgan fingerprint density at radius 3 is 3.27 bits per heavy atom. The van der Waals surface area contributed by atoms with Crippen molar-refractivity contribution in [2.24, 2.45) is 5.73 Å². The highest BCUT2D eigenvalue weighted by atomic mass is 15.2. The Morgan fingerprint density at radius 2 is 2.47 bits per heavy atom. The smallest absolute Gasteiger partial charge is 0.156 e. The highest BCUT2D eigenvalue weighted by molar-refractivity contribution is 5.72. The number of nitrogens with zero attached hydrogens (tertiary/aromatic N) is 3. The molecule has 1 aliphatic heterocycles. The summed E-state index contributed by atoms with van der Waals surface area (Å²) in [4.78, 5) is 14.1. The lowest BCUT2D eigenvalue weighted by Gasteiger charge is -2.15. The lowest BCUT2D eigenvalue weighted by molar-refractivity contribution is 0.751. The van der Waals surface area contributed by atoms with E-state index in [1.807, 2.05) is 12.3 Å². The average molecular weight is 203 g/mol. The quantitative estimate of drug-likeness (QED) is 0.707. The maximum absolute atomic E-state index is 5.86. The van der Waals surface area contributed by atoms with Gasteiger partial charge < -0.3 is 15.6 Å². The molecule has 1 atom stereocenters. The number of aromatic amines is 1. The van der Waals surface area contributed by atoms with Gasteiger partial charge >= 0.3 is 0 Å². The Morgan fingerprint density at radius 1 is 1.53 bits per heavy atom. The van der Waals surface area contributed by atoms with E-state index in [0.29, 0.717) is 0 Å². The van der Waals surface area contributed by atoms with Crippen molar-refractivity contribution in [3.63, 3.8) is 0 Å². The summed E-state index contributed by atoms with van der Waals surface area (Å²) in [5.74, 6) is 0.926. The fourth-order valence-corrected chi connectivity index (χ4v) is 1.97. The van der Waals surface area contributed by atoms with Gasteiger partial charge in [0, 0.05) is 25.3 Å². The number of hydrogen-bond acceptors (Lipinski definition) is 4. The highest BCUT2D eigenvalue weighted by Crippen LogP contribution is 2.18. The van der Waals surface area contributed by atoms with Crippen molar-refractivity contribution in [3.05, 3.63) is 18.5 Å². The Bertz CT molecular complexity index is 477. The molecule has 78 valence electrons. The van der Waals surface area contributed by atoms with Crippen molar-refractivity contribution in [3.8, 4) is 0 Å². The third kappa shape index (κ3) is 1.45. The van der Waals surface area contributed by atoms with Crippen LogP contribution in [0.2, 0.25) is 0 Å². The first kappa shape index (κ1) is 8.67. The van der Waals surface area contributed by atoms with Gasteiger partial charge in [-0.2, -0.15) is 0 Å². The van der Waals surface area contributed by atoms with Crippen LogP contribution >= 0.6 is 0 Å². The summed E-state index contributed by atoms with van der Waals surface area (Å²) in [6.45, 7) is 1.86. The van der Waals surface area contributed by atoms with E-state index in [0.717, 1.165) is 36.5 Å². The fraction of sp³-hybridized carbons (Fsp3) is 0.400. The van der Waals surface area contributed by atoms with Crippen LogP contribution in [-0.2, 0) is 0 Å². The predicted molar refractivity (Wildman–Crippen MR) is 58.7 cm³/mol. The summed E-state index contributed by atoms with van der Waals surface area (Å²) in [5.41, 5.74) is 7.60. The van der Waals surface area contributed by atoms with E-state index in [-0.39, 0.29) is 6.04 Å². The summed E-state index contributed by atoms with van der Waals surface area (Å²) >= 11 is 0. The minimum atomic E-state index is 0.272. The Labute approximate surface area is 87.3 Å². The first-order valence-electron chi connectivity index (χ1n) is 5.13. The SMILES string of the molecule is N[C@H]1CCN(c2cnc3[nH]ccc3n2)C1. The van der Waals surface area contributed by atoms with Crippen molar-refractivity contribution >= 4 is 17.0 Å². The molecule has 0 saturated carbocycles. The molecular weight excluding hydrogens is 190 g/mol. The monoisotopic (exact) mass is 203 g/mol. The van der Waals surface area contributed by atoms with E-state index in [2.05, 4.69) is 19.9 Å². The van der Waals surface area contributed by atoms with Crippen molar-refractivity contribution in [2.45, 2.75) is 12.5 Å². The molecule has 0 aromatic carbocycles. The predicted octanol–water partition coefficient (Wildman–Crippen LogP) is 0.495. The maximum atomic E-state index is 5.86. The molecule has 2 aromatic heterocycles. The molecule has 0 unspecified atom stereocenters. The molecule has 1 aliphatic rings. The van der Waals surface area contributed by atoms with Gasteiger partial charge in [0.05, 0.1) is 6.20 Å². The summed E-state index contributed by atoms with van der Waals surface area (Å²) in [6, 6.07) is 2.20. The van der Waals surface area contributed by atoms with Gasteiger partial charge in [-0.15, -0.1) is 0 Å². The lowest BCUT2D eigenvalue weighted by atomic mass is 10.3. The van der Waals surface area contributed by atoms with Crippen LogP contribution in [0.5, 0.6) is 0 Å². The molecule has 3 heterocycles. The van der Waals surface area contributed by atoms with Crippen LogP contribution in [0.25, 0.3) is 11.2 Å². The average Bonchev–Trinajstić information content (AvgIpc) is 2.84. The number of nitrogens with two attached hydrogens (primary N) is 1. The van der Waals surface area contributed by atoms with Crippen LogP contribution in [0.15, 0.2) is 18.5 Å². The van der Waals surface area contributed by atoms with Crippen LogP contribution < -0.4 is 10.6 Å². The van der Waals surface area contributed by atoms with Gasteiger partial charge in [0.25, 0.3) is 0 Å². The molecule has 2 aromatic rings. The first-order valence-corrected chi connectivity index (χ1v) is 5.13. The van der Waals surface area contributed by atoms with E-state index in [9.17, 15) is 0 Å². The Balaban J connectivity index is 1.97. The summed E-state index contributed by atoms with van der Waals surface area (Å²) in [6.07, 6.45) is 4.69. The number of aromatic nitrogens is 3. The number of fused-ring (bicyclic) bond motifs is 1. The maximum Gasteiger partial charge on any atom is 0.156 e. The van der Waals surface area contributed by atoms with Gasteiger partial charge in [0.15, 0.2) is 5.65 Å². The van der Waals surface area contributed by atoms with Gasteiger partial charge in [-0.1, -0.05) is 0 Å². The molecule has 5 heteroatoms. The number of H-pyrrole nitrogens is 1. The summed E-state index contributed by atoms with van der Waals surface area (Å²) in [5, 5.41) is 0. The molecular formula is C10H13N5. The lowest BCUT2D eigenvalue weighted by Crippen LogP contribution is -2.26. The number of hydrogen-bond donors (Lipinski definition) is 2. The molecule has 3 N–H and O–H groups in total. The standard InChI is InChI=1S/C10H13N5/c11-7-2-4-15(6-7)9-5-13-10-8(14-9)1-3-12-10/h1,3,5,7H,2,4,6,11H2,(H,12,13)/t7-/m0/s1. The zero-order valence-electron chi connectivity index (χ0n) is 8.35. The molecule has 1 fully saturated rings. The van der Waals surface area contributed by atoms with Crippen molar-refractivity contribution < 1.29 is 0 Å². The van der Waals surface area contributed by atoms with Crippen LogP contribution in [-0.4, -0.2) is 34.1 Å². The topological polar surface area (TPSA) is 70.8 Å². The molecule has 5 nitrogen and oxygen atoms in total. The van der Waals surface area contributed by atoms with Crippen LogP contribution in [0.3, 0.4) is 0 Å². The number of nitrogens with one attached hydrogen (secondary N) is 1. The van der Waals surface area contributed by atoms with Gasteiger partial charge in [-0.25, -0.2) is 9.97 Å². The Hall–Kier alpha value is -1.62. The zero-order chi connectivity index (χ0) is 10.3. The third-order valence-corrected chi connectivity index (χ3v) is 2.80. The summed E-state index contributed by atoms with van der Waals surface area (Å²) in [7, 11) is 0. The van der Waals surface area contributed by atoms with Crippen LogP contribution in [0.1, 0.15) is 6.42 Å². The number of anilines is 1. The molecule has 3 rings (SSSR count). The summed E-state index contributed by atoms with van der Waals surface area (Å²) < 4.78 is 0. The second-order valence-electron chi connectivity index (χ2n) is 3.93. The van der Waals surface area contributed by atoms with E-state index in [1.54, 1.807) is 6.20 Å². The Kier molecular flexibility index (Phi) is 1.85. The molecule has 0 radical (unpaired) electrons. The first-order chi connectivity index (χ1) is 7.33. The molecule has 15 heavy (non-hydrogen) atoms. The second-order valence-corrected chi connectivity index (χ2v) is 3.93. The van der Waals surface area contributed by atoms with Gasteiger partial charge in [0.2, 0.25) is 0 Å². The molecule has 0 amide bonds. The third-order valence-electron chi connectivity index (χ3n) is 2.80. The van der Waals surface area contributed by atoms with E-state index in [4.69, 9.17) is 5.73 Å². The van der Waals surface area contributed by atoms with Gasteiger partial charge in [-0.05, 0) is 12.5 Å². The van der Waals surface area contributed by atoms with Crippen molar-refractivity contribution in [2.75, 3.05) is 18.0 Å². The molecule has 0 aliphatic carbocycles. The zero-order valence-corrected chi connectivity index (χ0v) is 8.35. The normalized spacial score (nSPS) is 21.4. The van der Waals surface area contributed by atoms with Gasteiger partial charge in [0.1, 0.15) is 11.3 Å². The fourth-order valence-electron chi connectivity index (χ4n) is 1.97. The minimum absolute atomic E-state index is 0.272.